The molecule has 0 heterocycles. The van der Waals surface area contributed by atoms with E-state index in [4.69, 9.17) is 21.7 Å². The summed E-state index contributed by atoms with van der Waals surface area (Å²) >= 11 is 0. The minimum absolute atomic E-state index is 0.0536. The van der Waals surface area contributed by atoms with Crippen LogP contribution in [0.5, 0.6) is 0 Å². The van der Waals surface area contributed by atoms with Gasteiger partial charge in [0, 0.05) is 6.42 Å². The van der Waals surface area contributed by atoms with Gasteiger partial charge in [-0.05, 0) is 19.4 Å². The van der Waals surface area contributed by atoms with Gasteiger partial charge in [-0.25, -0.2) is 4.79 Å². The van der Waals surface area contributed by atoms with E-state index in [0.29, 0.717) is 19.4 Å². The number of nitrogens with two attached hydrogens (primary N) is 2. The number of hydrogen-bond acceptors (Lipinski definition) is 7. The van der Waals surface area contributed by atoms with E-state index in [0.717, 1.165) is 6.42 Å². The van der Waals surface area contributed by atoms with Gasteiger partial charge in [-0.1, -0.05) is 6.42 Å². The number of carboxylic acid groups (broad SMARTS) is 2. The van der Waals surface area contributed by atoms with E-state index in [1.165, 1.54) is 0 Å². The molecule has 120 valence electrons. The Hall–Kier alpha value is -2.00. The van der Waals surface area contributed by atoms with E-state index in [-0.39, 0.29) is 6.42 Å². The van der Waals surface area contributed by atoms with Gasteiger partial charge in [0.1, 0.15) is 5.54 Å². The van der Waals surface area contributed by atoms with Gasteiger partial charge >= 0.3 is 23.9 Å². The topological polar surface area (TPSA) is 170 Å². The number of aliphatic carboxylic acids is 2. The Morgan fingerprint density at radius 2 is 1.48 bits per heavy atom. The Morgan fingerprint density at radius 1 is 0.952 bits per heavy atom. The predicted molar refractivity (Wildman–Crippen MR) is 70.0 cm³/mol. The third-order valence-corrected chi connectivity index (χ3v) is 2.63. The zero-order chi connectivity index (χ0) is 16.5. The molecule has 9 heteroatoms. The molecule has 0 unspecified atom stereocenters. The lowest BCUT2D eigenvalue weighted by molar-refractivity contribution is -0.168. The molecule has 0 radical (unpaired) electrons. The van der Waals surface area contributed by atoms with Crippen LogP contribution in [0.15, 0.2) is 0 Å². The summed E-state index contributed by atoms with van der Waals surface area (Å²) in [4.78, 5) is 44.4. The molecule has 0 aliphatic heterocycles. The summed E-state index contributed by atoms with van der Waals surface area (Å²) in [6, 6.07) is 0. The number of carbonyl (C=O) groups is 4. The van der Waals surface area contributed by atoms with E-state index < -0.39 is 42.3 Å². The number of esters is 2. The molecule has 0 rings (SSSR count). The van der Waals surface area contributed by atoms with Gasteiger partial charge in [-0.2, -0.15) is 0 Å². The smallest absolute Gasteiger partial charge is 0.334 e. The summed E-state index contributed by atoms with van der Waals surface area (Å²) < 4.78 is 4.44. The van der Waals surface area contributed by atoms with Gasteiger partial charge < -0.3 is 26.4 Å². The fourth-order valence-corrected chi connectivity index (χ4v) is 1.59. The van der Waals surface area contributed by atoms with Crippen molar-refractivity contribution >= 4 is 23.9 Å². The molecule has 0 fully saturated rings. The highest BCUT2D eigenvalue weighted by molar-refractivity contribution is 5.95. The highest BCUT2D eigenvalue weighted by Crippen LogP contribution is 2.16. The van der Waals surface area contributed by atoms with Crippen molar-refractivity contribution in [2.75, 3.05) is 6.54 Å². The summed E-state index contributed by atoms with van der Waals surface area (Å²) in [5, 5.41) is 17.3. The predicted octanol–water partition coefficient (Wildman–Crippen LogP) is -0.778. The number of hydrogen-bond donors (Lipinski definition) is 4. The van der Waals surface area contributed by atoms with Crippen LogP contribution in [0.25, 0.3) is 0 Å². The molecule has 21 heavy (non-hydrogen) atoms. The largest absolute Gasteiger partial charge is 0.481 e. The number of ether oxygens (including phenoxy) is 1. The number of carbonyl (C=O) groups excluding carboxylic acids is 2. The minimum atomic E-state index is -2.27. The highest BCUT2D eigenvalue weighted by atomic mass is 16.6. The van der Waals surface area contributed by atoms with Crippen LogP contribution in [0, 0.1) is 0 Å². The van der Waals surface area contributed by atoms with Crippen molar-refractivity contribution < 1.29 is 34.1 Å². The van der Waals surface area contributed by atoms with Crippen LogP contribution in [0.2, 0.25) is 0 Å². The molecule has 0 aromatic rings. The summed E-state index contributed by atoms with van der Waals surface area (Å²) in [6.07, 6.45) is -0.0875. The fourth-order valence-electron chi connectivity index (χ4n) is 1.59. The normalized spacial score (nSPS) is 11.0. The second-order valence-electron chi connectivity index (χ2n) is 4.66. The second kappa shape index (κ2) is 9.03. The first kappa shape index (κ1) is 19.0. The van der Waals surface area contributed by atoms with E-state index in [1.54, 1.807) is 0 Å². The van der Waals surface area contributed by atoms with Gasteiger partial charge in [0.2, 0.25) is 0 Å². The number of rotatable bonds is 10. The Morgan fingerprint density at radius 3 is 1.90 bits per heavy atom. The van der Waals surface area contributed by atoms with Crippen molar-refractivity contribution in [3.05, 3.63) is 0 Å². The van der Waals surface area contributed by atoms with Crippen LogP contribution >= 0.6 is 0 Å². The van der Waals surface area contributed by atoms with Gasteiger partial charge in [0.05, 0.1) is 12.8 Å². The SMILES string of the molecule is NCCCCCC(=O)OC(=O)C(N)(CC(=O)O)CC(=O)O. The van der Waals surface area contributed by atoms with Crippen LogP contribution in [0.1, 0.15) is 38.5 Å². The maximum Gasteiger partial charge on any atom is 0.334 e. The molecule has 0 aromatic heterocycles. The maximum absolute atomic E-state index is 11.7. The molecule has 0 saturated carbocycles. The molecule has 0 spiro atoms. The van der Waals surface area contributed by atoms with E-state index >= 15 is 0 Å². The Labute approximate surface area is 121 Å². The third-order valence-electron chi connectivity index (χ3n) is 2.63. The summed E-state index contributed by atoms with van der Waals surface area (Å²) in [5.41, 5.74) is 8.47. The molecule has 0 aliphatic rings. The van der Waals surface area contributed by atoms with Crippen molar-refractivity contribution in [1.29, 1.82) is 0 Å². The third kappa shape index (κ3) is 8.00. The lowest BCUT2D eigenvalue weighted by atomic mass is 9.92. The van der Waals surface area contributed by atoms with Gasteiger partial charge in [0.25, 0.3) is 0 Å². The average Bonchev–Trinajstić information content (AvgIpc) is 2.32. The van der Waals surface area contributed by atoms with Crippen LogP contribution in [-0.4, -0.2) is 46.2 Å². The first-order valence-electron chi connectivity index (χ1n) is 6.39. The van der Waals surface area contributed by atoms with Gasteiger partial charge in [-0.3, -0.25) is 14.4 Å². The summed E-state index contributed by atoms with van der Waals surface area (Å²) in [6.45, 7) is 0.483. The molecule has 0 bridgehead atoms. The van der Waals surface area contributed by atoms with Crippen molar-refractivity contribution in [1.82, 2.24) is 0 Å². The van der Waals surface area contributed by atoms with E-state index in [9.17, 15) is 19.2 Å². The molecule has 0 aliphatic carbocycles. The maximum atomic E-state index is 11.7. The summed E-state index contributed by atoms with van der Waals surface area (Å²) in [5.74, 6) is -5.16. The Balaban J connectivity index is 4.56. The van der Waals surface area contributed by atoms with Crippen LogP contribution in [0.3, 0.4) is 0 Å². The van der Waals surface area contributed by atoms with E-state index in [2.05, 4.69) is 4.74 Å². The fraction of sp³-hybridized carbons (Fsp3) is 0.667. The van der Waals surface area contributed by atoms with E-state index in [1.807, 2.05) is 0 Å². The van der Waals surface area contributed by atoms with Crippen molar-refractivity contribution in [3.63, 3.8) is 0 Å². The first-order valence-corrected chi connectivity index (χ1v) is 6.39. The molecule has 0 aromatic carbocycles. The van der Waals surface area contributed by atoms with Crippen molar-refractivity contribution in [2.24, 2.45) is 11.5 Å². The standard InChI is InChI=1S/C12H20N2O7/c13-5-3-1-2-4-10(19)21-11(20)12(14,6-8(15)16)7-9(17)18/h1-7,13-14H2,(H,15,16)(H,17,18). The monoisotopic (exact) mass is 304 g/mol. The van der Waals surface area contributed by atoms with Gasteiger partial charge in [-0.15, -0.1) is 0 Å². The molecular weight excluding hydrogens is 284 g/mol. The van der Waals surface area contributed by atoms with Crippen LogP contribution in [0.4, 0.5) is 0 Å². The zero-order valence-corrected chi connectivity index (χ0v) is 11.5. The number of unbranched alkanes of at least 4 members (excludes halogenated alkanes) is 2. The van der Waals surface area contributed by atoms with Crippen molar-refractivity contribution in [2.45, 2.75) is 44.1 Å². The first-order chi connectivity index (χ1) is 9.71. The Kier molecular flexibility index (Phi) is 8.17. The molecule has 9 nitrogen and oxygen atoms in total. The van der Waals surface area contributed by atoms with Crippen molar-refractivity contribution in [3.8, 4) is 0 Å². The van der Waals surface area contributed by atoms with Gasteiger partial charge in [0.15, 0.2) is 0 Å². The average molecular weight is 304 g/mol. The quantitative estimate of drug-likeness (QED) is 0.229. The second-order valence-corrected chi connectivity index (χ2v) is 4.66. The molecule has 0 saturated heterocycles. The molecule has 6 N–H and O–H groups in total. The lowest BCUT2D eigenvalue weighted by Gasteiger charge is -2.22. The highest BCUT2D eigenvalue weighted by Gasteiger charge is 2.41. The molecular formula is C12H20N2O7. The van der Waals surface area contributed by atoms with Crippen LogP contribution in [-0.2, 0) is 23.9 Å². The molecule has 0 atom stereocenters. The number of carboxylic acids is 2. The zero-order valence-electron chi connectivity index (χ0n) is 11.5. The summed E-state index contributed by atoms with van der Waals surface area (Å²) in [7, 11) is 0. The minimum Gasteiger partial charge on any atom is -0.481 e. The Bertz CT molecular complexity index is 392. The van der Waals surface area contributed by atoms with Crippen LogP contribution < -0.4 is 11.5 Å². The lowest BCUT2D eigenvalue weighted by Crippen LogP contribution is -2.52. The molecule has 0 amide bonds.